The molecule has 0 bridgehead atoms. The molecule has 4 heteroatoms. The van der Waals surface area contributed by atoms with E-state index in [1.807, 2.05) is 6.92 Å². The summed E-state index contributed by atoms with van der Waals surface area (Å²) >= 11 is 0. The molecule has 1 rings (SSSR count). The second-order valence-electron chi connectivity index (χ2n) is 2.58. The molecule has 2 atom stereocenters. The summed E-state index contributed by atoms with van der Waals surface area (Å²) in [5.74, 6) is -0.542. The highest BCUT2D eigenvalue weighted by Gasteiger charge is 2.28. The lowest BCUT2D eigenvalue weighted by Crippen LogP contribution is -2.20. The fraction of sp³-hybridized carbons (Fsp3) is 0.833. The maximum atomic E-state index is 10.4. The van der Waals surface area contributed by atoms with Crippen molar-refractivity contribution in [3.05, 3.63) is 0 Å². The van der Waals surface area contributed by atoms with Crippen LogP contribution in [0.25, 0.3) is 0 Å². The number of hydrogen-bond donors (Lipinski definition) is 2. The molecule has 60 valence electrons. The van der Waals surface area contributed by atoms with Crippen molar-refractivity contribution in [2.45, 2.75) is 6.92 Å². The van der Waals surface area contributed by atoms with Crippen LogP contribution < -0.4 is 5.32 Å². The highest BCUT2D eigenvalue weighted by molar-refractivity contribution is 5.85. The van der Waals surface area contributed by atoms with Crippen molar-refractivity contribution in [2.24, 2.45) is 11.8 Å². The molecule has 1 aliphatic rings. The Kier molecular flexibility index (Phi) is 3.68. The van der Waals surface area contributed by atoms with Crippen LogP contribution in [-0.2, 0) is 4.79 Å². The molecule has 0 spiro atoms. The molecular weight excluding hydrogens is 154 g/mol. The van der Waals surface area contributed by atoms with E-state index in [1.165, 1.54) is 0 Å². The molecule has 2 N–H and O–H groups in total. The van der Waals surface area contributed by atoms with Gasteiger partial charge in [-0.05, 0) is 12.5 Å². The Labute approximate surface area is 66.2 Å². The molecule has 0 amide bonds. The van der Waals surface area contributed by atoms with E-state index in [2.05, 4.69) is 5.32 Å². The van der Waals surface area contributed by atoms with E-state index in [0.717, 1.165) is 6.54 Å². The van der Waals surface area contributed by atoms with Crippen LogP contribution in [0.3, 0.4) is 0 Å². The fourth-order valence-electron chi connectivity index (χ4n) is 1.14. The van der Waals surface area contributed by atoms with Crippen LogP contribution in [-0.4, -0.2) is 24.2 Å². The van der Waals surface area contributed by atoms with Gasteiger partial charge in [0.05, 0.1) is 5.92 Å². The number of hydrogen-bond acceptors (Lipinski definition) is 2. The second kappa shape index (κ2) is 3.78. The Bertz CT molecular complexity index is 129. The lowest BCUT2D eigenvalue weighted by atomic mass is 9.99. The number of carboxylic acid groups (broad SMARTS) is 1. The van der Waals surface area contributed by atoms with Crippen molar-refractivity contribution < 1.29 is 9.90 Å². The van der Waals surface area contributed by atoms with E-state index >= 15 is 0 Å². The molecule has 1 aliphatic heterocycles. The van der Waals surface area contributed by atoms with Crippen LogP contribution in [0, 0.1) is 11.8 Å². The molecule has 0 aliphatic carbocycles. The standard InChI is InChI=1S/C6H11NO2.ClH/c1-4-2-7-3-5(4)6(8)9;/h4-5,7H,2-3H2,1H3,(H,8,9);1H/t4-,5+;/m1./s1. The van der Waals surface area contributed by atoms with Gasteiger partial charge in [0.1, 0.15) is 0 Å². The van der Waals surface area contributed by atoms with Gasteiger partial charge in [0.15, 0.2) is 0 Å². The Morgan fingerprint density at radius 1 is 1.60 bits per heavy atom. The molecule has 0 unspecified atom stereocenters. The van der Waals surface area contributed by atoms with Crippen LogP contribution in [0.5, 0.6) is 0 Å². The van der Waals surface area contributed by atoms with Gasteiger partial charge in [-0.1, -0.05) is 6.92 Å². The van der Waals surface area contributed by atoms with Gasteiger partial charge in [-0.3, -0.25) is 4.79 Å². The van der Waals surface area contributed by atoms with Crippen molar-refractivity contribution in [3.8, 4) is 0 Å². The van der Waals surface area contributed by atoms with E-state index in [0.29, 0.717) is 12.5 Å². The molecule has 0 aromatic heterocycles. The molecule has 1 heterocycles. The number of carbonyl (C=O) groups is 1. The quantitative estimate of drug-likeness (QED) is 0.590. The van der Waals surface area contributed by atoms with E-state index in [1.54, 1.807) is 0 Å². The van der Waals surface area contributed by atoms with Crippen molar-refractivity contribution in [1.29, 1.82) is 0 Å². The van der Waals surface area contributed by atoms with E-state index in [-0.39, 0.29) is 18.3 Å². The van der Waals surface area contributed by atoms with E-state index in [4.69, 9.17) is 5.11 Å². The summed E-state index contributed by atoms with van der Waals surface area (Å²) in [5, 5.41) is 11.6. The number of halogens is 1. The third-order valence-corrected chi connectivity index (χ3v) is 1.83. The monoisotopic (exact) mass is 165 g/mol. The molecule has 0 radical (unpaired) electrons. The van der Waals surface area contributed by atoms with Crippen molar-refractivity contribution in [2.75, 3.05) is 13.1 Å². The number of carboxylic acids is 1. The summed E-state index contributed by atoms with van der Waals surface area (Å²) in [6, 6.07) is 0. The molecular formula is C6H12ClNO2. The normalized spacial score (nSPS) is 31.3. The van der Waals surface area contributed by atoms with Gasteiger partial charge in [-0.15, -0.1) is 12.4 Å². The third-order valence-electron chi connectivity index (χ3n) is 1.83. The van der Waals surface area contributed by atoms with Gasteiger partial charge in [-0.25, -0.2) is 0 Å². The minimum atomic E-state index is -0.674. The van der Waals surface area contributed by atoms with E-state index in [9.17, 15) is 4.79 Å². The largest absolute Gasteiger partial charge is 0.481 e. The highest BCUT2D eigenvalue weighted by atomic mass is 35.5. The Morgan fingerprint density at radius 3 is 2.40 bits per heavy atom. The first-order valence-electron chi connectivity index (χ1n) is 3.15. The molecule has 0 aromatic carbocycles. The zero-order chi connectivity index (χ0) is 6.85. The average Bonchev–Trinajstić information content (AvgIpc) is 2.13. The van der Waals surface area contributed by atoms with Gasteiger partial charge < -0.3 is 10.4 Å². The topological polar surface area (TPSA) is 49.3 Å². The zero-order valence-electron chi connectivity index (χ0n) is 5.83. The molecule has 0 aromatic rings. The van der Waals surface area contributed by atoms with Crippen LogP contribution in [0.2, 0.25) is 0 Å². The van der Waals surface area contributed by atoms with Crippen molar-refractivity contribution in [3.63, 3.8) is 0 Å². The average molecular weight is 166 g/mol. The van der Waals surface area contributed by atoms with Gasteiger partial charge in [0.25, 0.3) is 0 Å². The number of aliphatic carboxylic acids is 1. The Hall–Kier alpha value is -0.280. The van der Waals surface area contributed by atoms with Gasteiger partial charge >= 0.3 is 5.97 Å². The highest BCUT2D eigenvalue weighted by Crippen LogP contribution is 2.14. The van der Waals surface area contributed by atoms with Crippen molar-refractivity contribution in [1.82, 2.24) is 5.32 Å². The molecule has 3 nitrogen and oxygen atoms in total. The first kappa shape index (κ1) is 9.72. The van der Waals surface area contributed by atoms with Crippen LogP contribution >= 0.6 is 12.4 Å². The first-order valence-corrected chi connectivity index (χ1v) is 3.15. The predicted molar refractivity (Wildman–Crippen MR) is 40.4 cm³/mol. The smallest absolute Gasteiger partial charge is 0.308 e. The second-order valence-corrected chi connectivity index (χ2v) is 2.58. The fourth-order valence-corrected chi connectivity index (χ4v) is 1.14. The summed E-state index contributed by atoms with van der Waals surface area (Å²) in [5.41, 5.74) is 0. The zero-order valence-corrected chi connectivity index (χ0v) is 6.65. The lowest BCUT2D eigenvalue weighted by molar-refractivity contribution is -0.142. The molecule has 1 fully saturated rings. The van der Waals surface area contributed by atoms with Crippen LogP contribution in [0.15, 0.2) is 0 Å². The molecule has 1 saturated heterocycles. The van der Waals surface area contributed by atoms with Crippen LogP contribution in [0.1, 0.15) is 6.92 Å². The lowest BCUT2D eigenvalue weighted by Gasteiger charge is -2.05. The molecule has 10 heavy (non-hydrogen) atoms. The van der Waals surface area contributed by atoms with Crippen LogP contribution in [0.4, 0.5) is 0 Å². The SMILES string of the molecule is C[C@@H]1CNC[C@@H]1C(=O)O.Cl. The first-order chi connectivity index (χ1) is 4.22. The van der Waals surface area contributed by atoms with Gasteiger partial charge in [-0.2, -0.15) is 0 Å². The summed E-state index contributed by atoms with van der Waals surface area (Å²) < 4.78 is 0. The maximum Gasteiger partial charge on any atom is 0.308 e. The van der Waals surface area contributed by atoms with Crippen molar-refractivity contribution >= 4 is 18.4 Å². The third kappa shape index (κ3) is 1.85. The minimum Gasteiger partial charge on any atom is -0.481 e. The maximum absolute atomic E-state index is 10.4. The summed E-state index contributed by atoms with van der Waals surface area (Å²) in [7, 11) is 0. The summed E-state index contributed by atoms with van der Waals surface area (Å²) in [6.45, 7) is 3.44. The van der Waals surface area contributed by atoms with Gasteiger partial charge in [0, 0.05) is 6.54 Å². The summed E-state index contributed by atoms with van der Waals surface area (Å²) in [6.07, 6.45) is 0. The van der Waals surface area contributed by atoms with Gasteiger partial charge in [0.2, 0.25) is 0 Å². The minimum absolute atomic E-state index is 0. The number of nitrogens with one attached hydrogen (secondary N) is 1. The number of rotatable bonds is 1. The summed E-state index contributed by atoms with van der Waals surface area (Å²) in [4.78, 5) is 10.4. The van der Waals surface area contributed by atoms with E-state index < -0.39 is 5.97 Å². The molecule has 0 saturated carbocycles. The Morgan fingerprint density at radius 2 is 2.20 bits per heavy atom. The predicted octanol–water partition coefficient (Wildman–Crippen LogP) is 0.348. The Balaban J connectivity index is 0.000000810.